The minimum atomic E-state index is -1.06. The number of halogens is 1. The molecule has 3 N–H and O–H groups in total. The largest absolute Gasteiger partial charge is 0.478 e. The van der Waals surface area contributed by atoms with Gasteiger partial charge >= 0.3 is 5.97 Å². The van der Waals surface area contributed by atoms with Crippen LogP contribution in [0.3, 0.4) is 0 Å². The highest BCUT2D eigenvalue weighted by Gasteiger charge is 2.42. The Morgan fingerprint density at radius 3 is 2.60 bits per heavy atom. The third kappa shape index (κ3) is 5.30. The van der Waals surface area contributed by atoms with Crippen LogP contribution in [0, 0.1) is 12.8 Å². The first kappa shape index (κ1) is 27.4. The Morgan fingerprint density at radius 1 is 1.12 bits per heavy atom. The van der Waals surface area contributed by atoms with E-state index in [1.54, 1.807) is 18.3 Å². The van der Waals surface area contributed by atoms with Crippen molar-refractivity contribution in [2.45, 2.75) is 32.9 Å². The van der Waals surface area contributed by atoms with Crippen LogP contribution in [0.1, 0.15) is 53.3 Å². The van der Waals surface area contributed by atoms with Crippen LogP contribution in [-0.2, 0) is 4.79 Å². The summed E-state index contributed by atoms with van der Waals surface area (Å²) in [6.07, 6.45) is 1.72. The second kappa shape index (κ2) is 11.1. The van der Waals surface area contributed by atoms with Crippen molar-refractivity contribution in [2.75, 3.05) is 10.2 Å². The number of benzene rings is 2. The van der Waals surface area contributed by atoms with Gasteiger partial charge in [-0.15, -0.1) is 0 Å². The molecule has 4 aromatic rings. The van der Waals surface area contributed by atoms with Crippen molar-refractivity contribution in [1.29, 1.82) is 0 Å². The predicted molar refractivity (Wildman–Crippen MR) is 159 cm³/mol. The van der Waals surface area contributed by atoms with Crippen LogP contribution in [0.4, 0.5) is 11.4 Å². The van der Waals surface area contributed by atoms with Crippen molar-refractivity contribution in [3.05, 3.63) is 101 Å². The topological polar surface area (TPSA) is 108 Å². The molecule has 1 aliphatic heterocycles. The number of hydrogen-bond donors (Lipinski definition) is 3. The Hall–Kier alpha value is -4.21. The normalized spacial score (nSPS) is 16.7. The SMILES string of the molecule is Cc1cc(N2C(=S)N[C@@H](c3ccccn3)[C@H]2c2ccc(-c3cc(C(=O)O)ccc3Cl)o2)ccc1NC(=O)C(C)C. The first-order chi connectivity index (χ1) is 19.1. The quantitative estimate of drug-likeness (QED) is 0.207. The van der Waals surface area contributed by atoms with E-state index in [4.69, 9.17) is 28.2 Å². The molecule has 10 heteroatoms. The number of nitrogens with one attached hydrogen (secondary N) is 2. The van der Waals surface area contributed by atoms with Gasteiger partial charge in [0.2, 0.25) is 5.91 Å². The minimum absolute atomic E-state index is 0.0592. The molecule has 2 aromatic carbocycles. The highest BCUT2D eigenvalue weighted by atomic mass is 35.5. The molecule has 2 aromatic heterocycles. The molecule has 1 aliphatic rings. The third-order valence-electron chi connectivity index (χ3n) is 6.77. The van der Waals surface area contributed by atoms with Crippen LogP contribution in [0.15, 0.2) is 77.3 Å². The standard InChI is InChI=1S/C30H27ClN4O4S/c1-16(2)28(36)33-22-10-8-19(14-17(22)3)35-27(26(34-30(35)40)23-6-4-5-13-32-23)25-12-11-24(39-25)20-15-18(29(37)38)7-9-21(20)31/h4-16,26-27H,1-3H3,(H,33,36)(H,34,40)(H,37,38)/t26-,27+/m0/s1. The average molecular weight is 575 g/mol. The van der Waals surface area contributed by atoms with Crippen LogP contribution in [0.25, 0.3) is 11.3 Å². The Labute approximate surface area is 242 Å². The van der Waals surface area contributed by atoms with E-state index in [9.17, 15) is 14.7 Å². The van der Waals surface area contributed by atoms with Crippen molar-refractivity contribution < 1.29 is 19.1 Å². The molecular formula is C30H27ClN4O4S. The number of aromatic carboxylic acids is 1. The highest BCUT2D eigenvalue weighted by Crippen LogP contribution is 2.44. The fourth-order valence-corrected chi connectivity index (χ4v) is 5.20. The van der Waals surface area contributed by atoms with E-state index in [1.807, 2.05) is 68.1 Å². The summed E-state index contributed by atoms with van der Waals surface area (Å²) in [6.45, 7) is 5.62. The lowest BCUT2D eigenvalue weighted by molar-refractivity contribution is -0.118. The Kier molecular flexibility index (Phi) is 7.60. The fraction of sp³-hybridized carbons (Fsp3) is 0.200. The molecule has 1 amide bonds. The lowest BCUT2D eigenvalue weighted by Crippen LogP contribution is -2.29. The number of aryl methyl sites for hydroxylation is 1. The number of carbonyl (C=O) groups is 2. The van der Waals surface area contributed by atoms with E-state index < -0.39 is 12.0 Å². The van der Waals surface area contributed by atoms with Crippen LogP contribution >= 0.6 is 23.8 Å². The third-order valence-corrected chi connectivity index (χ3v) is 7.41. The minimum Gasteiger partial charge on any atom is -0.478 e. The number of nitrogens with zero attached hydrogens (tertiary/aromatic N) is 2. The van der Waals surface area contributed by atoms with Crippen molar-refractivity contribution in [2.24, 2.45) is 5.92 Å². The molecule has 0 bridgehead atoms. The summed E-state index contributed by atoms with van der Waals surface area (Å²) in [5, 5.41) is 16.7. The number of anilines is 2. The van der Waals surface area contributed by atoms with Gasteiger partial charge in [0.15, 0.2) is 5.11 Å². The first-order valence-electron chi connectivity index (χ1n) is 12.7. The molecule has 1 saturated heterocycles. The molecule has 0 radical (unpaired) electrons. The zero-order chi connectivity index (χ0) is 28.6. The maximum atomic E-state index is 12.3. The number of rotatable bonds is 7. The molecule has 0 saturated carbocycles. The van der Waals surface area contributed by atoms with Gasteiger partial charge in [0.05, 0.1) is 22.3 Å². The molecule has 5 rings (SSSR count). The van der Waals surface area contributed by atoms with E-state index >= 15 is 0 Å². The number of pyridine rings is 1. The molecular weight excluding hydrogens is 548 g/mol. The summed E-state index contributed by atoms with van der Waals surface area (Å²) in [7, 11) is 0. The molecule has 40 heavy (non-hydrogen) atoms. The van der Waals surface area contributed by atoms with E-state index in [1.165, 1.54) is 12.1 Å². The number of carboxylic acid groups (broad SMARTS) is 1. The maximum Gasteiger partial charge on any atom is 0.335 e. The van der Waals surface area contributed by atoms with Crippen LogP contribution in [0.2, 0.25) is 5.02 Å². The van der Waals surface area contributed by atoms with Crippen molar-refractivity contribution in [3.8, 4) is 11.3 Å². The molecule has 1 fully saturated rings. The number of furan rings is 1. The lowest BCUT2D eigenvalue weighted by Gasteiger charge is -2.27. The summed E-state index contributed by atoms with van der Waals surface area (Å²) in [5.41, 5.74) is 3.78. The molecule has 0 aliphatic carbocycles. The smallest absolute Gasteiger partial charge is 0.335 e. The van der Waals surface area contributed by atoms with Crippen molar-refractivity contribution >= 4 is 52.2 Å². The summed E-state index contributed by atoms with van der Waals surface area (Å²) in [6, 6.07) is 18.7. The van der Waals surface area contributed by atoms with Crippen LogP contribution in [-0.4, -0.2) is 27.1 Å². The highest BCUT2D eigenvalue weighted by molar-refractivity contribution is 7.80. The maximum absolute atomic E-state index is 12.3. The second-order valence-electron chi connectivity index (χ2n) is 9.84. The zero-order valence-electron chi connectivity index (χ0n) is 22.0. The zero-order valence-corrected chi connectivity index (χ0v) is 23.6. The summed E-state index contributed by atoms with van der Waals surface area (Å²) in [4.78, 5) is 30.4. The van der Waals surface area contributed by atoms with Crippen LogP contribution in [0.5, 0.6) is 0 Å². The predicted octanol–water partition coefficient (Wildman–Crippen LogP) is 6.77. The molecule has 3 heterocycles. The Balaban J connectivity index is 1.57. The van der Waals surface area contributed by atoms with E-state index in [0.29, 0.717) is 27.2 Å². The molecule has 0 spiro atoms. The summed E-state index contributed by atoms with van der Waals surface area (Å²) >= 11 is 12.2. The van der Waals surface area contributed by atoms with E-state index in [-0.39, 0.29) is 23.4 Å². The molecule has 8 nitrogen and oxygen atoms in total. The van der Waals surface area contributed by atoms with E-state index in [0.717, 1.165) is 22.6 Å². The Bertz CT molecular complexity index is 1600. The fourth-order valence-electron chi connectivity index (χ4n) is 4.64. The number of amides is 1. The van der Waals surface area contributed by atoms with Crippen molar-refractivity contribution in [1.82, 2.24) is 10.3 Å². The van der Waals surface area contributed by atoms with Gasteiger partial charge in [-0.2, -0.15) is 0 Å². The number of carbonyl (C=O) groups excluding carboxylic acids is 1. The van der Waals surface area contributed by atoms with E-state index in [2.05, 4.69) is 15.6 Å². The lowest BCUT2D eigenvalue weighted by atomic mass is 10.0. The number of hydrogen-bond acceptors (Lipinski definition) is 5. The van der Waals surface area contributed by atoms with Gasteiger partial charge in [-0.05, 0) is 85.4 Å². The molecule has 0 unspecified atom stereocenters. The molecule has 204 valence electrons. The monoisotopic (exact) mass is 574 g/mol. The first-order valence-corrected chi connectivity index (χ1v) is 13.5. The van der Waals surface area contributed by atoms with Gasteiger partial charge in [-0.1, -0.05) is 31.5 Å². The number of thiocarbonyl (C=S) groups is 1. The number of carboxylic acids is 1. The van der Waals surface area contributed by atoms with Gasteiger partial charge in [-0.25, -0.2) is 4.79 Å². The summed E-state index contributed by atoms with van der Waals surface area (Å²) in [5.74, 6) is -0.236. The van der Waals surface area contributed by atoms with Crippen LogP contribution < -0.4 is 15.5 Å². The Morgan fingerprint density at radius 2 is 1.93 bits per heavy atom. The van der Waals surface area contributed by atoms with Gasteiger partial charge < -0.3 is 25.1 Å². The van der Waals surface area contributed by atoms with Gasteiger partial charge in [0, 0.05) is 29.1 Å². The van der Waals surface area contributed by atoms with Crippen molar-refractivity contribution in [3.63, 3.8) is 0 Å². The van der Waals surface area contributed by atoms with Gasteiger partial charge in [-0.3, -0.25) is 9.78 Å². The number of aromatic nitrogens is 1. The second-order valence-corrected chi connectivity index (χ2v) is 10.6. The summed E-state index contributed by atoms with van der Waals surface area (Å²) < 4.78 is 6.35. The van der Waals surface area contributed by atoms with Gasteiger partial charge in [0.25, 0.3) is 0 Å². The molecule has 2 atom stereocenters. The average Bonchev–Trinajstić information content (AvgIpc) is 3.55. The van der Waals surface area contributed by atoms with Gasteiger partial charge in [0.1, 0.15) is 17.6 Å².